The Morgan fingerprint density at radius 2 is 2.05 bits per heavy atom. The fourth-order valence-corrected chi connectivity index (χ4v) is 1.70. The van der Waals surface area contributed by atoms with Gasteiger partial charge < -0.3 is 14.8 Å². The predicted molar refractivity (Wildman–Crippen MR) is 75.1 cm³/mol. The molecule has 0 aliphatic carbocycles. The van der Waals surface area contributed by atoms with Crippen LogP contribution in [-0.2, 0) is 4.74 Å². The van der Waals surface area contributed by atoms with Crippen molar-refractivity contribution in [1.29, 1.82) is 0 Å². The summed E-state index contributed by atoms with van der Waals surface area (Å²) < 4.78 is 24.5. The van der Waals surface area contributed by atoms with Crippen molar-refractivity contribution >= 4 is 0 Å². The standard InChI is InChI=1S/C15H24FNO2/c1-5-8-17-12(3)14-7-6-13(9-15(14)16)19-10-11(2)18-4/h6-7,9,11-12,17H,5,8,10H2,1-4H3. The summed E-state index contributed by atoms with van der Waals surface area (Å²) in [5, 5.41) is 3.27. The number of methoxy groups -OCH3 is 1. The lowest BCUT2D eigenvalue weighted by atomic mass is 10.1. The van der Waals surface area contributed by atoms with Gasteiger partial charge in [0.1, 0.15) is 18.2 Å². The van der Waals surface area contributed by atoms with Crippen LogP contribution < -0.4 is 10.1 Å². The van der Waals surface area contributed by atoms with Crippen molar-refractivity contribution in [3.8, 4) is 5.75 Å². The number of hydrogen-bond acceptors (Lipinski definition) is 3. The maximum absolute atomic E-state index is 14.0. The van der Waals surface area contributed by atoms with Gasteiger partial charge in [0.15, 0.2) is 0 Å². The number of hydrogen-bond donors (Lipinski definition) is 1. The summed E-state index contributed by atoms with van der Waals surface area (Å²) in [7, 11) is 1.62. The molecule has 0 amide bonds. The maximum Gasteiger partial charge on any atom is 0.131 e. The summed E-state index contributed by atoms with van der Waals surface area (Å²) in [6.45, 7) is 7.25. The molecule has 0 aliphatic rings. The van der Waals surface area contributed by atoms with E-state index in [4.69, 9.17) is 9.47 Å². The van der Waals surface area contributed by atoms with Gasteiger partial charge in [0.25, 0.3) is 0 Å². The van der Waals surface area contributed by atoms with E-state index in [9.17, 15) is 4.39 Å². The van der Waals surface area contributed by atoms with Crippen molar-refractivity contribution in [3.05, 3.63) is 29.6 Å². The highest BCUT2D eigenvalue weighted by molar-refractivity contribution is 5.30. The zero-order valence-corrected chi connectivity index (χ0v) is 12.2. The number of ether oxygens (including phenoxy) is 2. The van der Waals surface area contributed by atoms with Crippen molar-refractivity contribution in [3.63, 3.8) is 0 Å². The van der Waals surface area contributed by atoms with Crippen LogP contribution in [0.15, 0.2) is 18.2 Å². The molecule has 0 aromatic heterocycles. The lowest BCUT2D eigenvalue weighted by molar-refractivity contribution is 0.0715. The van der Waals surface area contributed by atoms with Gasteiger partial charge in [-0.15, -0.1) is 0 Å². The fourth-order valence-electron chi connectivity index (χ4n) is 1.70. The van der Waals surface area contributed by atoms with Gasteiger partial charge in [0, 0.05) is 24.8 Å². The van der Waals surface area contributed by atoms with E-state index >= 15 is 0 Å². The molecule has 1 N–H and O–H groups in total. The van der Waals surface area contributed by atoms with Crippen LogP contribution in [0, 0.1) is 5.82 Å². The highest BCUT2D eigenvalue weighted by Crippen LogP contribution is 2.22. The third-order valence-corrected chi connectivity index (χ3v) is 3.03. The van der Waals surface area contributed by atoms with Gasteiger partial charge in [-0.05, 0) is 32.9 Å². The molecule has 3 nitrogen and oxygen atoms in total. The molecule has 0 heterocycles. The van der Waals surface area contributed by atoms with Gasteiger partial charge in [-0.3, -0.25) is 0 Å². The monoisotopic (exact) mass is 269 g/mol. The van der Waals surface area contributed by atoms with Crippen molar-refractivity contribution in [2.24, 2.45) is 0 Å². The maximum atomic E-state index is 14.0. The Labute approximate surface area is 115 Å². The summed E-state index contributed by atoms with van der Waals surface area (Å²) in [5.41, 5.74) is 0.667. The van der Waals surface area contributed by atoms with E-state index in [1.807, 2.05) is 13.8 Å². The first kappa shape index (κ1) is 15.9. The highest BCUT2D eigenvalue weighted by atomic mass is 19.1. The minimum atomic E-state index is -0.237. The van der Waals surface area contributed by atoms with Crippen LogP contribution in [-0.4, -0.2) is 26.4 Å². The molecule has 0 aliphatic heterocycles. The van der Waals surface area contributed by atoms with Crippen LogP contribution >= 0.6 is 0 Å². The van der Waals surface area contributed by atoms with Crippen molar-refractivity contribution in [2.45, 2.75) is 39.3 Å². The highest BCUT2D eigenvalue weighted by Gasteiger charge is 2.11. The Morgan fingerprint density at radius 3 is 2.63 bits per heavy atom. The number of nitrogens with one attached hydrogen (secondary N) is 1. The van der Waals surface area contributed by atoms with Crippen molar-refractivity contribution in [2.75, 3.05) is 20.3 Å². The van der Waals surface area contributed by atoms with Gasteiger partial charge >= 0.3 is 0 Å². The molecule has 0 spiro atoms. The van der Waals surface area contributed by atoms with Crippen LogP contribution in [0.3, 0.4) is 0 Å². The Hall–Kier alpha value is -1.13. The van der Waals surface area contributed by atoms with Gasteiger partial charge in [-0.2, -0.15) is 0 Å². The number of rotatable bonds is 8. The smallest absolute Gasteiger partial charge is 0.131 e. The Bertz CT molecular complexity index is 384. The van der Waals surface area contributed by atoms with E-state index in [0.717, 1.165) is 13.0 Å². The molecular weight excluding hydrogens is 245 g/mol. The Morgan fingerprint density at radius 1 is 1.32 bits per heavy atom. The summed E-state index contributed by atoms with van der Waals surface area (Å²) in [4.78, 5) is 0. The summed E-state index contributed by atoms with van der Waals surface area (Å²) in [6, 6.07) is 5.01. The van der Waals surface area contributed by atoms with E-state index in [0.29, 0.717) is 17.9 Å². The van der Waals surface area contributed by atoms with Crippen LogP contribution in [0.25, 0.3) is 0 Å². The minimum Gasteiger partial charge on any atom is -0.491 e. The van der Waals surface area contributed by atoms with Gasteiger partial charge in [0.2, 0.25) is 0 Å². The quantitative estimate of drug-likeness (QED) is 0.785. The molecule has 2 atom stereocenters. The SMILES string of the molecule is CCCNC(C)c1ccc(OCC(C)OC)cc1F. The molecule has 2 unspecified atom stereocenters. The van der Waals surface area contributed by atoms with Crippen LogP contribution in [0.1, 0.15) is 38.8 Å². The van der Waals surface area contributed by atoms with Gasteiger partial charge in [-0.25, -0.2) is 4.39 Å². The first-order chi connectivity index (χ1) is 9.08. The van der Waals surface area contributed by atoms with E-state index in [1.165, 1.54) is 6.07 Å². The first-order valence-electron chi connectivity index (χ1n) is 6.76. The second-order valence-electron chi connectivity index (χ2n) is 4.72. The summed E-state index contributed by atoms with van der Waals surface area (Å²) in [6.07, 6.45) is 1.02. The minimum absolute atomic E-state index is 0.00639. The molecular formula is C15H24FNO2. The molecule has 4 heteroatoms. The molecule has 108 valence electrons. The molecule has 0 bridgehead atoms. The molecule has 1 rings (SSSR count). The molecule has 0 saturated carbocycles. The average molecular weight is 269 g/mol. The number of halogens is 1. The lowest BCUT2D eigenvalue weighted by Crippen LogP contribution is -2.20. The summed E-state index contributed by atoms with van der Waals surface area (Å²) >= 11 is 0. The topological polar surface area (TPSA) is 30.5 Å². The number of benzene rings is 1. The van der Waals surface area contributed by atoms with Crippen molar-refractivity contribution < 1.29 is 13.9 Å². The molecule has 0 saturated heterocycles. The third kappa shape index (κ3) is 5.17. The van der Waals surface area contributed by atoms with Crippen LogP contribution in [0.5, 0.6) is 5.75 Å². The normalized spacial score (nSPS) is 14.2. The average Bonchev–Trinajstić information content (AvgIpc) is 2.42. The summed E-state index contributed by atoms with van der Waals surface area (Å²) in [5.74, 6) is 0.298. The zero-order valence-electron chi connectivity index (χ0n) is 12.2. The van der Waals surface area contributed by atoms with Crippen LogP contribution in [0.2, 0.25) is 0 Å². The van der Waals surface area contributed by atoms with E-state index < -0.39 is 0 Å². The Kier molecular flexibility index (Phi) is 6.81. The van der Waals surface area contributed by atoms with E-state index in [2.05, 4.69) is 12.2 Å². The van der Waals surface area contributed by atoms with Crippen LogP contribution in [0.4, 0.5) is 4.39 Å². The first-order valence-corrected chi connectivity index (χ1v) is 6.76. The second-order valence-corrected chi connectivity index (χ2v) is 4.72. The molecule has 19 heavy (non-hydrogen) atoms. The lowest BCUT2D eigenvalue weighted by Gasteiger charge is -2.16. The molecule has 1 aromatic carbocycles. The van der Waals surface area contributed by atoms with Gasteiger partial charge in [0.05, 0.1) is 6.10 Å². The second kappa shape index (κ2) is 8.12. The molecule has 0 radical (unpaired) electrons. The van der Waals surface area contributed by atoms with E-state index in [1.54, 1.807) is 19.2 Å². The van der Waals surface area contributed by atoms with Crippen molar-refractivity contribution in [1.82, 2.24) is 5.32 Å². The molecule has 1 aromatic rings. The molecule has 0 fully saturated rings. The largest absolute Gasteiger partial charge is 0.491 e. The van der Waals surface area contributed by atoms with Gasteiger partial charge in [-0.1, -0.05) is 13.0 Å². The fraction of sp³-hybridized carbons (Fsp3) is 0.600. The Balaban J connectivity index is 2.63. The predicted octanol–water partition coefficient (Wildman–Crippen LogP) is 3.30. The van der Waals surface area contributed by atoms with E-state index in [-0.39, 0.29) is 18.0 Å². The third-order valence-electron chi connectivity index (χ3n) is 3.03. The zero-order chi connectivity index (χ0) is 14.3.